The molecule has 1 amide bonds. The molecule has 5 nitrogen and oxygen atoms in total. The van der Waals surface area contributed by atoms with Crippen LogP contribution in [0, 0.1) is 0 Å². The number of nitrogens with zero attached hydrogens (tertiary/aromatic N) is 2. The van der Waals surface area contributed by atoms with Crippen LogP contribution < -0.4 is 5.32 Å². The van der Waals surface area contributed by atoms with Crippen molar-refractivity contribution in [2.24, 2.45) is 7.05 Å². The van der Waals surface area contributed by atoms with Crippen molar-refractivity contribution in [1.82, 2.24) is 14.9 Å². The number of nitrogens with one attached hydrogen (secondary N) is 1. The molecule has 0 saturated carbocycles. The number of aryl methyl sites for hydroxylation is 1. The third-order valence-corrected chi connectivity index (χ3v) is 4.64. The molecular weight excluding hydrogens is 278 g/mol. The molecule has 0 unspecified atom stereocenters. The summed E-state index contributed by atoms with van der Waals surface area (Å²) < 4.78 is 7.84. The van der Waals surface area contributed by atoms with Crippen LogP contribution in [0.2, 0.25) is 0 Å². The van der Waals surface area contributed by atoms with Crippen molar-refractivity contribution in [2.75, 3.05) is 6.61 Å². The molecule has 22 heavy (non-hydrogen) atoms. The summed E-state index contributed by atoms with van der Waals surface area (Å²) in [6.45, 7) is 0.680. The predicted octanol–water partition coefficient (Wildman–Crippen LogP) is 2.65. The van der Waals surface area contributed by atoms with Crippen molar-refractivity contribution >= 4 is 5.91 Å². The van der Waals surface area contributed by atoms with E-state index in [4.69, 9.17) is 4.74 Å². The highest BCUT2D eigenvalue weighted by molar-refractivity contribution is 5.93. The van der Waals surface area contributed by atoms with Gasteiger partial charge in [0.1, 0.15) is 6.10 Å². The van der Waals surface area contributed by atoms with Gasteiger partial charge in [-0.15, -0.1) is 0 Å². The molecule has 0 spiro atoms. The second-order valence-electron chi connectivity index (χ2n) is 6.31. The topological polar surface area (TPSA) is 56.2 Å². The van der Waals surface area contributed by atoms with Gasteiger partial charge in [-0.25, -0.2) is 4.98 Å². The highest BCUT2D eigenvalue weighted by Gasteiger charge is 2.27. The Bertz CT molecular complexity index is 550. The zero-order valence-corrected chi connectivity index (χ0v) is 13.3. The maximum absolute atomic E-state index is 12.4. The molecule has 1 aliphatic carbocycles. The average molecular weight is 303 g/mol. The van der Waals surface area contributed by atoms with Crippen LogP contribution in [0.25, 0.3) is 0 Å². The number of ether oxygens (including phenoxy) is 1. The molecule has 1 fully saturated rings. The Morgan fingerprint density at radius 2 is 2.32 bits per heavy atom. The Balaban J connectivity index is 1.59. The van der Waals surface area contributed by atoms with E-state index < -0.39 is 0 Å². The number of rotatable bonds is 3. The Kier molecular flexibility index (Phi) is 4.93. The lowest BCUT2D eigenvalue weighted by atomic mass is 10.00. The van der Waals surface area contributed by atoms with Gasteiger partial charge < -0.3 is 14.6 Å². The van der Waals surface area contributed by atoms with Crippen LogP contribution in [0.1, 0.15) is 56.7 Å². The van der Waals surface area contributed by atoms with Gasteiger partial charge in [-0.1, -0.05) is 12.5 Å². The zero-order valence-electron chi connectivity index (χ0n) is 13.3. The van der Waals surface area contributed by atoms with Gasteiger partial charge in [0.05, 0.1) is 18.2 Å². The van der Waals surface area contributed by atoms with Gasteiger partial charge in [0.15, 0.2) is 0 Å². The van der Waals surface area contributed by atoms with Crippen molar-refractivity contribution in [3.05, 3.63) is 29.9 Å². The molecular formula is C17H25N3O2. The molecule has 3 rings (SSSR count). The van der Waals surface area contributed by atoms with Crippen molar-refractivity contribution in [2.45, 2.75) is 57.1 Å². The van der Waals surface area contributed by atoms with Crippen LogP contribution in [-0.2, 0) is 16.6 Å². The summed E-state index contributed by atoms with van der Waals surface area (Å²) in [6.07, 6.45) is 13.0. The van der Waals surface area contributed by atoms with Gasteiger partial charge >= 0.3 is 0 Å². The molecule has 120 valence electrons. The number of aromatic nitrogens is 2. The summed E-state index contributed by atoms with van der Waals surface area (Å²) in [6, 6.07) is 0.185. The molecule has 2 heterocycles. The van der Waals surface area contributed by atoms with Crippen LogP contribution >= 0.6 is 0 Å². The van der Waals surface area contributed by atoms with Crippen molar-refractivity contribution in [3.8, 4) is 0 Å². The third-order valence-electron chi connectivity index (χ3n) is 4.64. The third kappa shape index (κ3) is 3.58. The van der Waals surface area contributed by atoms with Crippen molar-refractivity contribution < 1.29 is 9.53 Å². The molecule has 1 aromatic rings. The van der Waals surface area contributed by atoms with E-state index in [1.165, 1.54) is 12.8 Å². The van der Waals surface area contributed by atoms with Gasteiger partial charge in [0, 0.05) is 25.3 Å². The van der Waals surface area contributed by atoms with Gasteiger partial charge in [0.2, 0.25) is 5.91 Å². The summed E-state index contributed by atoms with van der Waals surface area (Å²) in [5, 5.41) is 3.21. The number of hydrogen-bond donors (Lipinski definition) is 1. The number of amides is 1. The molecule has 0 radical (unpaired) electrons. The Labute approximate surface area is 131 Å². The second-order valence-corrected chi connectivity index (χ2v) is 6.31. The minimum absolute atomic E-state index is 0.0228. The number of carbonyl (C=O) groups is 1. The van der Waals surface area contributed by atoms with Crippen molar-refractivity contribution in [3.63, 3.8) is 0 Å². The minimum atomic E-state index is 0.0228. The molecule has 0 aromatic carbocycles. The first-order valence-corrected chi connectivity index (χ1v) is 8.32. The fourth-order valence-electron chi connectivity index (χ4n) is 3.31. The molecule has 0 bridgehead atoms. The fourth-order valence-corrected chi connectivity index (χ4v) is 3.31. The SMILES string of the molecule is Cn1cncc1[C@H]1C[C@H](NC(=O)C2=CCCCCC2)CCO1. The van der Waals surface area contributed by atoms with E-state index in [0.29, 0.717) is 6.61 Å². The standard InChI is InChI=1S/C17H25N3O2/c1-20-12-18-11-15(20)16-10-14(8-9-22-16)19-17(21)13-6-4-2-3-5-7-13/h6,11-12,14,16H,2-5,7-10H2,1H3,(H,19,21)/t14-,16-/m1/s1. The summed E-state index contributed by atoms with van der Waals surface area (Å²) in [5.41, 5.74) is 2.05. The molecule has 2 aliphatic rings. The summed E-state index contributed by atoms with van der Waals surface area (Å²) in [4.78, 5) is 16.6. The monoisotopic (exact) mass is 303 g/mol. The van der Waals surface area contributed by atoms with Crippen LogP contribution in [0.5, 0.6) is 0 Å². The smallest absolute Gasteiger partial charge is 0.247 e. The Morgan fingerprint density at radius 1 is 1.41 bits per heavy atom. The Morgan fingerprint density at radius 3 is 3.14 bits per heavy atom. The highest BCUT2D eigenvalue weighted by Crippen LogP contribution is 2.28. The van der Waals surface area contributed by atoms with Crippen LogP contribution in [0.3, 0.4) is 0 Å². The number of hydrogen-bond acceptors (Lipinski definition) is 3. The van der Waals surface area contributed by atoms with Gasteiger partial charge in [-0.05, 0) is 38.5 Å². The lowest BCUT2D eigenvalue weighted by molar-refractivity contribution is -0.119. The fraction of sp³-hybridized carbons (Fsp3) is 0.647. The molecule has 1 aromatic heterocycles. The van der Waals surface area contributed by atoms with Gasteiger partial charge in [-0.3, -0.25) is 4.79 Å². The summed E-state index contributed by atoms with van der Waals surface area (Å²) in [7, 11) is 1.98. The summed E-state index contributed by atoms with van der Waals surface area (Å²) in [5.74, 6) is 0.123. The van der Waals surface area contributed by atoms with E-state index in [1.54, 1.807) is 6.33 Å². The number of imidazole rings is 1. The summed E-state index contributed by atoms with van der Waals surface area (Å²) >= 11 is 0. The first kappa shape index (κ1) is 15.3. The quantitative estimate of drug-likeness (QED) is 0.934. The Hall–Kier alpha value is -1.62. The maximum Gasteiger partial charge on any atom is 0.247 e. The van der Waals surface area contributed by atoms with E-state index in [0.717, 1.165) is 43.4 Å². The van der Waals surface area contributed by atoms with E-state index in [-0.39, 0.29) is 18.1 Å². The van der Waals surface area contributed by atoms with E-state index >= 15 is 0 Å². The molecule has 1 N–H and O–H groups in total. The molecule has 1 aliphatic heterocycles. The predicted molar refractivity (Wildman–Crippen MR) is 84.2 cm³/mol. The van der Waals surface area contributed by atoms with Crippen LogP contribution in [-0.4, -0.2) is 28.1 Å². The van der Waals surface area contributed by atoms with Crippen LogP contribution in [0.4, 0.5) is 0 Å². The zero-order chi connectivity index (χ0) is 15.4. The normalized spacial score (nSPS) is 26.1. The maximum atomic E-state index is 12.4. The lowest BCUT2D eigenvalue weighted by Gasteiger charge is -2.30. The van der Waals surface area contributed by atoms with E-state index in [9.17, 15) is 4.79 Å². The number of carbonyl (C=O) groups excluding carboxylic acids is 1. The number of allylic oxidation sites excluding steroid dienone is 1. The largest absolute Gasteiger partial charge is 0.372 e. The highest BCUT2D eigenvalue weighted by atomic mass is 16.5. The first-order valence-electron chi connectivity index (χ1n) is 8.32. The van der Waals surface area contributed by atoms with Gasteiger partial charge in [0.25, 0.3) is 0 Å². The minimum Gasteiger partial charge on any atom is -0.372 e. The molecule has 2 atom stereocenters. The van der Waals surface area contributed by atoms with E-state index in [2.05, 4.69) is 16.4 Å². The average Bonchev–Trinajstić information content (AvgIpc) is 2.78. The van der Waals surface area contributed by atoms with E-state index in [1.807, 2.05) is 17.8 Å². The van der Waals surface area contributed by atoms with Crippen LogP contribution in [0.15, 0.2) is 24.2 Å². The van der Waals surface area contributed by atoms with Gasteiger partial charge in [-0.2, -0.15) is 0 Å². The molecule has 5 heteroatoms. The van der Waals surface area contributed by atoms with Crippen molar-refractivity contribution in [1.29, 1.82) is 0 Å². The molecule has 1 saturated heterocycles. The first-order chi connectivity index (χ1) is 10.7. The second kappa shape index (κ2) is 7.09. The lowest BCUT2D eigenvalue weighted by Crippen LogP contribution is -2.40.